The largest absolute Gasteiger partial charge is 0.507 e. The summed E-state index contributed by atoms with van der Waals surface area (Å²) in [6, 6.07) is 7.13. The Hall–Kier alpha value is -3.53. The summed E-state index contributed by atoms with van der Waals surface area (Å²) in [5, 5.41) is 23.2. The molecule has 38 heavy (non-hydrogen) atoms. The van der Waals surface area contributed by atoms with Gasteiger partial charge in [0.2, 0.25) is 5.95 Å². The molecule has 2 aromatic heterocycles. The van der Waals surface area contributed by atoms with Gasteiger partial charge in [0, 0.05) is 34.4 Å². The van der Waals surface area contributed by atoms with Crippen molar-refractivity contribution in [2.75, 3.05) is 18.1 Å². The molecule has 9 nitrogen and oxygen atoms in total. The van der Waals surface area contributed by atoms with E-state index in [0.717, 1.165) is 36.8 Å². The first-order valence-corrected chi connectivity index (χ1v) is 13.3. The van der Waals surface area contributed by atoms with Crippen LogP contribution in [-0.2, 0) is 0 Å². The number of benzene rings is 1. The number of hydrogen-bond acceptors (Lipinski definition) is 9. The zero-order valence-electron chi connectivity index (χ0n) is 21.5. The highest BCUT2D eigenvalue weighted by Gasteiger charge is 2.58. The van der Waals surface area contributed by atoms with E-state index in [0.29, 0.717) is 48.5 Å². The molecule has 2 N–H and O–H groups in total. The molecular formula is C28H31FN6O3. The fourth-order valence-corrected chi connectivity index (χ4v) is 6.40. The molecule has 4 aliphatic rings. The van der Waals surface area contributed by atoms with E-state index in [2.05, 4.69) is 37.3 Å². The number of aromatic hydroxyl groups is 1. The topological polar surface area (TPSA) is 106 Å². The Balaban J connectivity index is 1.15. The fourth-order valence-electron chi connectivity index (χ4n) is 6.40. The molecule has 7 rings (SSSR count). The van der Waals surface area contributed by atoms with E-state index in [1.165, 1.54) is 0 Å². The molecule has 2 bridgehead atoms. The normalized spacial score (nSPS) is 29.8. The van der Waals surface area contributed by atoms with Gasteiger partial charge in [-0.2, -0.15) is 0 Å². The van der Waals surface area contributed by atoms with Crippen LogP contribution in [0.15, 0.2) is 36.7 Å². The molecule has 0 amide bonds. The predicted octanol–water partition coefficient (Wildman–Crippen LogP) is 4.06. The third kappa shape index (κ3) is 3.93. The van der Waals surface area contributed by atoms with Gasteiger partial charge in [-0.15, -0.1) is 10.2 Å². The molecule has 1 saturated carbocycles. The van der Waals surface area contributed by atoms with Gasteiger partial charge >= 0.3 is 0 Å². The second-order valence-corrected chi connectivity index (χ2v) is 11.5. The van der Waals surface area contributed by atoms with Crippen LogP contribution < -0.4 is 19.7 Å². The van der Waals surface area contributed by atoms with Crippen LogP contribution in [0.4, 0.5) is 10.3 Å². The molecular weight excluding hydrogens is 487 g/mol. The third-order valence-electron chi connectivity index (χ3n) is 8.47. The minimum Gasteiger partial charge on any atom is -0.507 e. The minimum atomic E-state index is -1.02. The zero-order chi connectivity index (χ0) is 26.1. The first kappa shape index (κ1) is 23.6. The van der Waals surface area contributed by atoms with Crippen LogP contribution >= 0.6 is 0 Å². The summed E-state index contributed by atoms with van der Waals surface area (Å²) in [4.78, 5) is 11.0. The van der Waals surface area contributed by atoms with Gasteiger partial charge in [0.1, 0.15) is 30.8 Å². The Morgan fingerprint density at radius 3 is 2.63 bits per heavy atom. The van der Waals surface area contributed by atoms with Gasteiger partial charge in [-0.25, -0.2) is 14.4 Å². The number of anilines is 1. The van der Waals surface area contributed by atoms with Crippen LogP contribution in [0.5, 0.6) is 17.4 Å². The number of phenolic OH excluding ortho intramolecular Hbond substituents is 1. The average Bonchev–Trinajstić information content (AvgIpc) is 3.72. The Bertz CT molecular complexity index is 1390. The lowest BCUT2D eigenvalue weighted by Gasteiger charge is -2.48. The standard InChI is InChI=1S/C28H31FN6O3/c1-27-7-8-28(2,34-27)24(29)21(13-27)35(18-4-5-18)26-31-15-20(32-33-26)19-6-3-16(11-22(19)36)17-12-23-25(30-14-17)38-10-9-37-23/h3,6,11-12,14-15,18,21,24,34,36H,4-5,7-10,13H2,1-2H3/t21-,24-,27-,28+/m0/s1. The van der Waals surface area contributed by atoms with E-state index in [4.69, 9.17) is 9.47 Å². The number of rotatable bonds is 5. The number of piperidine rings is 1. The third-order valence-corrected chi connectivity index (χ3v) is 8.47. The molecule has 0 unspecified atom stereocenters. The van der Waals surface area contributed by atoms with Gasteiger partial charge in [-0.05, 0) is 69.7 Å². The van der Waals surface area contributed by atoms with Gasteiger partial charge in [-0.1, -0.05) is 6.07 Å². The number of nitrogens with one attached hydrogen (secondary N) is 1. The second kappa shape index (κ2) is 8.49. The van der Waals surface area contributed by atoms with E-state index in [9.17, 15) is 5.11 Å². The summed E-state index contributed by atoms with van der Waals surface area (Å²) in [5.74, 6) is 1.57. The molecule has 3 fully saturated rings. The first-order chi connectivity index (χ1) is 18.3. The monoisotopic (exact) mass is 518 g/mol. The Morgan fingerprint density at radius 2 is 1.87 bits per heavy atom. The number of nitrogens with zero attached hydrogens (tertiary/aromatic N) is 5. The highest BCUT2D eigenvalue weighted by molar-refractivity contribution is 5.74. The highest BCUT2D eigenvalue weighted by atomic mass is 19.1. The van der Waals surface area contributed by atoms with Crippen molar-refractivity contribution in [1.29, 1.82) is 0 Å². The maximum Gasteiger partial charge on any atom is 0.257 e. The summed E-state index contributed by atoms with van der Waals surface area (Å²) in [6.07, 6.45) is 6.81. The number of hydrogen-bond donors (Lipinski definition) is 2. The van der Waals surface area contributed by atoms with Crippen molar-refractivity contribution >= 4 is 5.95 Å². The molecule has 5 heterocycles. The van der Waals surface area contributed by atoms with Gasteiger partial charge in [0.15, 0.2) is 5.75 Å². The number of fused-ring (bicyclic) bond motifs is 3. The molecule has 3 aliphatic heterocycles. The van der Waals surface area contributed by atoms with E-state index in [1.54, 1.807) is 24.5 Å². The number of aromatic nitrogens is 4. The molecule has 0 spiro atoms. The van der Waals surface area contributed by atoms with Crippen LogP contribution in [0.3, 0.4) is 0 Å². The smallest absolute Gasteiger partial charge is 0.257 e. The second-order valence-electron chi connectivity index (χ2n) is 11.5. The van der Waals surface area contributed by atoms with Gasteiger partial charge in [0.05, 0.1) is 12.2 Å². The van der Waals surface area contributed by atoms with E-state index < -0.39 is 11.7 Å². The van der Waals surface area contributed by atoms with Crippen molar-refractivity contribution in [3.8, 4) is 39.8 Å². The molecule has 2 saturated heterocycles. The number of alkyl halides is 1. The minimum absolute atomic E-state index is 0.0555. The summed E-state index contributed by atoms with van der Waals surface area (Å²) < 4.78 is 27.0. The van der Waals surface area contributed by atoms with Gasteiger partial charge in [-0.3, -0.25) is 0 Å². The first-order valence-electron chi connectivity index (χ1n) is 13.3. The van der Waals surface area contributed by atoms with Gasteiger partial charge < -0.3 is 24.8 Å². The van der Waals surface area contributed by atoms with Crippen molar-refractivity contribution in [3.63, 3.8) is 0 Å². The number of pyridine rings is 1. The lowest BCUT2D eigenvalue weighted by atomic mass is 9.82. The number of ether oxygens (including phenoxy) is 2. The van der Waals surface area contributed by atoms with Crippen LogP contribution in [0.25, 0.3) is 22.4 Å². The van der Waals surface area contributed by atoms with Crippen LogP contribution in [0, 0.1) is 0 Å². The summed E-state index contributed by atoms with van der Waals surface area (Å²) in [5.41, 5.74) is 1.95. The van der Waals surface area contributed by atoms with Crippen molar-refractivity contribution in [3.05, 3.63) is 36.7 Å². The van der Waals surface area contributed by atoms with E-state index in [-0.39, 0.29) is 23.4 Å². The molecule has 198 valence electrons. The molecule has 10 heteroatoms. The predicted molar refractivity (Wildman–Crippen MR) is 139 cm³/mol. The lowest BCUT2D eigenvalue weighted by molar-refractivity contribution is 0.0828. The molecule has 3 aromatic rings. The Labute approximate surface area is 220 Å². The van der Waals surface area contributed by atoms with E-state index in [1.807, 2.05) is 19.1 Å². The van der Waals surface area contributed by atoms with Crippen molar-refractivity contribution in [2.24, 2.45) is 0 Å². The van der Waals surface area contributed by atoms with E-state index >= 15 is 4.39 Å². The molecule has 0 radical (unpaired) electrons. The molecule has 4 atom stereocenters. The van der Waals surface area contributed by atoms with Crippen LogP contribution in [0.2, 0.25) is 0 Å². The Morgan fingerprint density at radius 1 is 1.03 bits per heavy atom. The van der Waals surface area contributed by atoms with Crippen molar-refractivity contribution in [2.45, 2.75) is 75.3 Å². The summed E-state index contributed by atoms with van der Waals surface area (Å²) in [7, 11) is 0. The average molecular weight is 519 g/mol. The summed E-state index contributed by atoms with van der Waals surface area (Å²) >= 11 is 0. The van der Waals surface area contributed by atoms with Gasteiger partial charge in [0.25, 0.3) is 5.88 Å². The van der Waals surface area contributed by atoms with Crippen molar-refractivity contribution < 1.29 is 19.0 Å². The maximum atomic E-state index is 15.9. The van der Waals surface area contributed by atoms with Crippen molar-refractivity contribution in [1.82, 2.24) is 25.5 Å². The molecule has 1 aliphatic carbocycles. The Kier molecular flexibility index (Phi) is 5.27. The SMILES string of the molecule is C[C@@]12CC[C@@](C)(N1)[C@@H](F)[C@@H](N(c1ncc(-c3ccc(-c4cnc5c(c4)OCCO5)cc3O)nn1)C1CC1)C2. The quantitative estimate of drug-likeness (QED) is 0.517. The number of halogens is 1. The maximum absolute atomic E-state index is 15.9. The van der Waals surface area contributed by atoms with Crippen LogP contribution in [0.1, 0.15) is 46.0 Å². The zero-order valence-corrected chi connectivity index (χ0v) is 21.5. The lowest BCUT2D eigenvalue weighted by Crippen LogP contribution is -2.66. The summed E-state index contributed by atoms with van der Waals surface area (Å²) in [6.45, 7) is 5.14. The highest BCUT2D eigenvalue weighted by Crippen LogP contribution is 2.47. The fraction of sp³-hybridized carbons (Fsp3) is 0.500. The molecule has 1 aromatic carbocycles. The number of phenols is 1. The van der Waals surface area contributed by atoms with Crippen LogP contribution in [-0.4, -0.2) is 67.8 Å².